The van der Waals surface area contributed by atoms with E-state index in [0.29, 0.717) is 19.4 Å². The number of rotatable bonds is 5. The number of nitrogens with two attached hydrogens (primary N) is 1. The summed E-state index contributed by atoms with van der Waals surface area (Å²) in [6.07, 6.45) is 1.85. The SMILES string of the molecule is CCC(C)(C(=O)NCC1CCC(=O)N1)C(N)=S. The van der Waals surface area contributed by atoms with Gasteiger partial charge in [0.2, 0.25) is 11.8 Å². The Bertz CT molecular complexity index is 346. The average molecular weight is 257 g/mol. The number of nitrogens with one attached hydrogen (secondary N) is 2. The van der Waals surface area contributed by atoms with E-state index in [1.165, 1.54) is 0 Å². The van der Waals surface area contributed by atoms with Crippen LogP contribution < -0.4 is 16.4 Å². The fourth-order valence-electron chi connectivity index (χ4n) is 1.69. The van der Waals surface area contributed by atoms with Gasteiger partial charge in [0.15, 0.2) is 0 Å². The lowest BCUT2D eigenvalue weighted by Crippen LogP contribution is -2.49. The van der Waals surface area contributed by atoms with E-state index in [4.69, 9.17) is 18.0 Å². The second-order valence-electron chi connectivity index (χ2n) is 4.56. The van der Waals surface area contributed by atoms with Crippen LogP contribution in [-0.4, -0.2) is 29.4 Å². The van der Waals surface area contributed by atoms with Gasteiger partial charge < -0.3 is 16.4 Å². The quantitative estimate of drug-likeness (QED) is 0.609. The number of amides is 2. The van der Waals surface area contributed by atoms with Crippen molar-refractivity contribution in [3.05, 3.63) is 0 Å². The fraction of sp³-hybridized carbons (Fsp3) is 0.727. The van der Waals surface area contributed by atoms with E-state index in [1.54, 1.807) is 6.92 Å². The first-order chi connectivity index (χ1) is 7.90. The predicted molar refractivity (Wildman–Crippen MR) is 69.4 cm³/mol. The molecule has 2 unspecified atom stereocenters. The normalized spacial score (nSPS) is 22.7. The Morgan fingerprint density at radius 1 is 1.71 bits per heavy atom. The van der Waals surface area contributed by atoms with E-state index in [2.05, 4.69) is 10.6 Å². The molecule has 2 amide bonds. The molecule has 96 valence electrons. The van der Waals surface area contributed by atoms with E-state index < -0.39 is 5.41 Å². The van der Waals surface area contributed by atoms with Gasteiger partial charge in [-0.3, -0.25) is 9.59 Å². The summed E-state index contributed by atoms with van der Waals surface area (Å²) in [5.74, 6) is -0.134. The summed E-state index contributed by atoms with van der Waals surface area (Å²) in [5.41, 5.74) is 4.78. The molecular formula is C11H19N3O2S. The van der Waals surface area contributed by atoms with Crippen molar-refractivity contribution in [2.45, 2.75) is 39.2 Å². The molecule has 1 aliphatic rings. The minimum Gasteiger partial charge on any atom is -0.392 e. The van der Waals surface area contributed by atoms with Gasteiger partial charge in [0.1, 0.15) is 0 Å². The van der Waals surface area contributed by atoms with Crippen LogP contribution in [0.1, 0.15) is 33.1 Å². The number of thiocarbonyl (C=S) groups is 1. The predicted octanol–water partition coefficient (Wildman–Crippen LogP) is 0.0836. The van der Waals surface area contributed by atoms with Crippen molar-refractivity contribution in [3.63, 3.8) is 0 Å². The first-order valence-corrected chi connectivity index (χ1v) is 6.18. The number of hydrogen-bond donors (Lipinski definition) is 3. The molecule has 2 atom stereocenters. The van der Waals surface area contributed by atoms with Crippen LogP contribution >= 0.6 is 12.2 Å². The molecule has 0 bridgehead atoms. The number of hydrogen-bond acceptors (Lipinski definition) is 3. The Hall–Kier alpha value is -1.17. The third kappa shape index (κ3) is 3.15. The maximum Gasteiger partial charge on any atom is 0.232 e. The molecule has 0 saturated carbocycles. The zero-order valence-corrected chi connectivity index (χ0v) is 11.0. The molecule has 1 aliphatic heterocycles. The van der Waals surface area contributed by atoms with Gasteiger partial charge in [0.25, 0.3) is 0 Å². The highest BCUT2D eigenvalue weighted by molar-refractivity contribution is 7.80. The van der Waals surface area contributed by atoms with Crippen molar-refractivity contribution in [2.24, 2.45) is 11.1 Å². The lowest BCUT2D eigenvalue weighted by molar-refractivity contribution is -0.127. The van der Waals surface area contributed by atoms with E-state index in [0.717, 1.165) is 6.42 Å². The van der Waals surface area contributed by atoms with Gasteiger partial charge in [-0.15, -0.1) is 0 Å². The van der Waals surface area contributed by atoms with Gasteiger partial charge in [0, 0.05) is 19.0 Å². The van der Waals surface area contributed by atoms with Crippen LogP contribution in [0.25, 0.3) is 0 Å². The second kappa shape index (κ2) is 5.44. The summed E-state index contributed by atoms with van der Waals surface area (Å²) < 4.78 is 0. The Labute approximate surface area is 107 Å². The van der Waals surface area contributed by atoms with Gasteiger partial charge in [0.05, 0.1) is 10.4 Å². The van der Waals surface area contributed by atoms with Crippen molar-refractivity contribution in [2.75, 3.05) is 6.54 Å². The van der Waals surface area contributed by atoms with E-state index in [1.807, 2.05) is 6.92 Å². The van der Waals surface area contributed by atoms with Crippen LogP contribution in [0.4, 0.5) is 0 Å². The molecule has 1 fully saturated rings. The Morgan fingerprint density at radius 3 is 2.76 bits per heavy atom. The maximum absolute atomic E-state index is 12.0. The smallest absolute Gasteiger partial charge is 0.232 e. The highest BCUT2D eigenvalue weighted by Crippen LogP contribution is 2.21. The van der Waals surface area contributed by atoms with Gasteiger partial charge in [-0.05, 0) is 19.8 Å². The Morgan fingerprint density at radius 2 is 2.35 bits per heavy atom. The van der Waals surface area contributed by atoms with Gasteiger partial charge in [-0.25, -0.2) is 0 Å². The summed E-state index contributed by atoms with van der Waals surface area (Å²) in [6, 6.07) is 0.0268. The standard InChI is InChI=1S/C11H19N3O2S/c1-3-11(2,9(12)17)10(16)13-6-7-4-5-8(15)14-7/h7H,3-6H2,1-2H3,(H2,12,17)(H,13,16)(H,14,15). The van der Waals surface area contributed by atoms with E-state index in [9.17, 15) is 9.59 Å². The molecule has 1 saturated heterocycles. The molecule has 6 heteroatoms. The zero-order valence-electron chi connectivity index (χ0n) is 10.2. The van der Waals surface area contributed by atoms with Crippen LogP contribution in [0.3, 0.4) is 0 Å². The average Bonchev–Trinajstić information content (AvgIpc) is 2.70. The van der Waals surface area contributed by atoms with Crippen molar-refractivity contribution in [1.29, 1.82) is 0 Å². The molecule has 0 aromatic rings. The van der Waals surface area contributed by atoms with E-state index >= 15 is 0 Å². The van der Waals surface area contributed by atoms with Crippen molar-refractivity contribution in [1.82, 2.24) is 10.6 Å². The monoisotopic (exact) mass is 257 g/mol. The number of carbonyl (C=O) groups is 2. The molecule has 1 heterocycles. The maximum atomic E-state index is 12.0. The highest BCUT2D eigenvalue weighted by atomic mass is 32.1. The molecule has 4 N–H and O–H groups in total. The Kier molecular flexibility index (Phi) is 4.45. The second-order valence-corrected chi connectivity index (χ2v) is 5.00. The molecule has 0 aromatic carbocycles. The molecule has 17 heavy (non-hydrogen) atoms. The van der Waals surface area contributed by atoms with Gasteiger partial charge in [-0.1, -0.05) is 19.1 Å². The Balaban J connectivity index is 2.48. The topological polar surface area (TPSA) is 84.2 Å². The summed E-state index contributed by atoms with van der Waals surface area (Å²) in [7, 11) is 0. The first-order valence-electron chi connectivity index (χ1n) is 5.77. The minimum absolute atomic E-state index is 0.0268. The largest absolute Gasteiger partial charge is 0.392 e. The summed E-state index contributed by atoms with van der Waals surface area (Å²) in [5, 5.41) is 5.59. The zero-order chi connectivity index (χ0) is 13.1. The van der Waals surface area contributed by atoms with Crippen molar-refractivity contribution in [3.8, 4) is 0 Å². The number of carbonyl (C=O) groups excluding carboxylic acids is 2. The molecule has 1 rings (SSSR count). The van der Waals surface area contributed by atoms with Crippen LogP contribution in [0.15, 0.2) is 0 Å². The minimum atomic E-state index is -0.808. The van der Waals surface area contributed by atoms with Crippen LogP contribution in [0, 0.1) is 5.41 Å². The van der Waals surface area contributed by atoms with Crippen LogP contribution in [-0.2, 0) is 9.59 Å². The van der Waals surface area contributed by atoms with Crippen LogP contribution in [0.2, 0.25) is 0 Å². The summed E-state index contributed by atoms with van der Waals surface area (Å²) in [6.45, 7) is 4.04. The highest BCUT2D eigenvalue weighted by Gasteiger charge is 2.35. The van der Waals surface area contributed by atoms with E-state index in [-0.39, 0.29) is 22.8 Å². The first kappa shape index (κ1) is 13.9. The van der Waals surface area contributed by atoms with Crippen molar-refractivity contribution >= 4 is 29.0 Å². The van der Waals surface area contributed by atoms with Gasteiger partial charge >= 0.3 is 0 Å². The van der Waals surface area contributed by atoms with Crippen molar-refractivity contribution < 1.29 is 9.59 Å². The molecular weight excluding hydrogens is 238 g/mol. The van der Waals surface area contributed by atoms with Gasteiger partial charge in [-0.2, -0.15) is 0 Å². The molecule has 5 nitrogen and oxygen atoms in total. The summed E-state index contributed by atoms with van der Waals surface area (Å²) >= 11 is 4.92. The molecule has 0 aliphatic carbocycles. The fourth-order valence-corrected chi connectivity index (χ4v) is 1.93. The third-order valence-electron chi connectivity index (χ3n) is 3.35. The molecule has 0 aromatic heterocycles. The third-order valence-corrected chi connectivity index (χ3v) is 3.80. The summed E-state index contributed by atoms with van der Waals surface area (Å²) in [4.78, 5) is 23.2. The lowest BCUT2D eigenvalue weighted by atomic mass is 9.86. The molecule has 0 radical (unpaired) electrons. The van der Waals surface area contributed by atoms with Crippen LogP contribution in [0.5, 0.6) is 0 Å². The molecule has 0 spiro atoms. The lowest BCUT2D eigenvalue weighted by Gasteiger charge is -2.26.